The predicted octanol–water partition coefficient (Wildman–Crippen LogP) is 1.37. The minimum atomic E-state index is -0.169. The van der Waals surface area contributed by atoms with E-state index in [1.165, 1.54) is 19.3 Å². The van der Waals surface area contributed by atoms with Crippen LogP contribution in [0.5, 0.6) is 0 Å². The van der Waals surface area contributed by atoms with E-state index in [2.05, 4.69) is 15.6 Å². The van der Waals surface area contributed by atoms with Crippen LogP contribution in [0.15, 0.2) is 18.3 Å². The number of carbonyl (C=O) groups excluding carboxylic acids is 1. The molecule has 104 valence electrons. The summed E-state index contributed by atoms with van der Waals surface area (Å²) in [5, 5.41) is 5.94. The van der Waals surface area contributed by atoms with E-state index in [0.29, 0.717) is 17.7 Å². The molecular weight excluding hydrogens is 240 g/mol. The standard InChI is InChI=1S/C14H22N4O/c1-16-14(19)13-8-11(6-7-17-13)18-9-10-4-2-3-5-12(10)15/h6-8,10,12H,2-5,9,15H2,1H3,(H,16,19)(H,17,18). The van der Waals surface area contributed by atoms with Gasteiger partial charge in [-0.1, -0.05) is 12.8 Å². The first-order chi connectivity index (χ1) is 9.20. The maximum Gasteiger partial charge on any atom is 0.269 e. The van der Waals surface area contributed by atoms with E-state index in [-0.39, 0.29) is 5.91 Å². The largest absolute Gasteiger partial charge is 0.385 e. The zero-order valence-corrected chi connectivity index (χ0v) is 11.4. The second-order valence-corrected chi connectivity index (χ2v) is 5.10. The van der Waals surface area contributed by atoms with Gasteiger partial charge < -0.3 is 16.4 Å². The lowest BCUT2D eigenvalue weighted by molar-refractivity contribution is 0.0958. The minimum Gasteiger partial charge on any atom is -0.385 e. The number of nitrogens with two attached hydrogens (primary N) is 1. The van der Waals surface area contributed by atoms with Crippen molar-refractivity contribution < 1.29 is 4.79 Å². The highest BCUT2D eigenvalue weighted by Gasteiger charge is 2.21. The molecule has 0 bridgehead atoms. The molecule has 4 N–H and O–H groups in total. The maximum atomic E-state index is 11.5. The van der Waals surface area contributed by atoms with Crippen LogP contribution in [-0.4, -0.2) is 30.5 Å². The van der Waals surface area contributed by atoms with Crippen molar-refractivity contribution in [3.63, 3.8) is 0 Å². The number of carbonyl (C=O) groups is 1. The maximum absolute atomic E-state index is 11.5. The minimum absolute atomic E-state index is 0.169. The Balaban J connectivity index is 1.93. The number of pyridine rings is 1. The van der Waals surface area contributed by atoms with Gasteiger partial charge in [0.2, 0.25) is 0 Å². The summed E-state index contributed by atoms with van der Waals surface area (Å²) in [7, 11) is 1.60. The third-order valence-corrected chi connectivity index (χ3v) is 3.76. The van der Waals surface area contributed by atoms with Crippen LogP contribution in [0.3, 0.4) is 0 Å². The molecular formula is C14H22N4O. The summed E-state index contributed by atoms with van der Waals surface area (Å²) in [6, 6.07) is 3.94. The second-order valence-electron chi connectivity index (χ2n) is 5.10. The fraction of sp³-hybridized carbons (Fsp3) is 0.571. The van der Waals surface area contributed by atoms with Crippen molar-refractivity contribution in [1.29, 1.82) is 0 Å². The van der Waals surface area contributed by atoms with Gasteiger partial charge in [0.15, 0.2) is 0 Å². The summed E-state index contributed by atoms with van der Waals surface area (Å²) in [6.45, 7) is 0.859. The van der Waals surface area contributed by atoms with Gasteiger partial charge in [-0.25, -0.2) is 0 Å². The van der Waals surface area contributed by atoms with Crippen molar-refractivity contribution in [3.8, 4) is 0 Å². The Morgan fingerprint density at radius 3 is 3.00 bits per heavy atom. The molecule has 1 saturated carbocycles. The third-order valence-electron chi connectivity index (χ3n) is 3.76. The Bertz CT molecular complexity index is 435. The van der Waals surface area contributed by atoms with E-state index < -0.39 is 0 Å². The van der Waals surface area contributed by atoms with Gasteiger partial charge in [-0.15, -0.1) is 0 Å². The van der Waals surface area contributed by atoms with Crippen molar-refractivity contribution in [1.82, 2.24) is 10.3 Å². The number of amides is 1. The number of hydrogen-bond acceptors (Lipinski definition) is 4. The second kappa shape index (κ2) is 6.52. The van der Waals surface area contributed by atoms with Crippen LogP contribution in [0.25, 0.3) is 0 Å². The number of rotatable bonds is 4. The van der Waals surface area contributed by atoms with Crippen LogP contribution in [-0.2, 0) is 0 Å². The first-order valence-electron chi connectivity index (χ1n) is 6.88. The third kappa shape index (κ3) is 3.67. The van der Waals surface area contributed by atoms with E-state index in [0.717, 1.165) is 18.7 Å². The normalized spacial score (nSPS) is 22.8. The number of anilines is 1. The molecule has 1 fully saturated rings. The molecule has 5 heteroatoms. The zero-order chi connectivity index (χ0) is 13.7. The molecule has 0 aliphatic heterocycles. The fourth-order valence-corrected chi connectivity index (χ4v) is 2.53. The number of nitrogens with one attached hydrogen (secondary N) is 2. The molecule has 1 heterocycles. The molecule has 5 nitrogen and oxygen atoms in total. The van der Waals surface area contributed by atoms with Gasteiger partial charge in [0.05, 0.1) is 0 Å². The molecule has 1 aliphatic rings. The summed E-state index contributed by atoms with van der Waals surface area (Å²) in [5.41, 5.74) is 7.48. The SMILES string of the molecule is CNC(=O)c1cc(NCC2CCCCC2N)ccn1. The highest BCUT2D eigenvalue weighted by molar-refractivity contribution is 5.92. The lowest BCUT2D eigenvalue weighted by Crippen LogP contribution is -2.37. The van der Waals surface area contributed by atoms with E-state index in [9.17, 15) is 4.79 Å². The molecule has 2 rings (SSSR count). The van der Waals surface area contributed by atoms with Gasteiger partial charge in [-0.2, -0.15) is 0 Å². The average Bonchev–Trinajstić information content (AvgIpc) is 2.46. The fourth-order valence-electron chi connectivity index (χ4n) is 2.53. The van der Waals surface area contributed by atoms with E-state index in [4.69, 9.17) is 5.73 Å². The first kappa shape index (κ1) is 13.8. The monoisotopic (exact) mass is 262 g/mol. The summed E-state index contributed by atoms with van der Waals surface area (Å²) in [4.78, 5) is 15.5. The van der Waals surface area contributed by atoms with Crippen LogP contribution < -0.4 is 16.4 Å². The van der Waals surface area contributed by atoms with Crippen molar-refractivity contribution in [3.05, 3.63) is 24.0 Å². The van der Waals surface area contributed by atoms with Gasteiger partial charge in [0, 0.05) is 31.5 Å². The topological polar surface area (TPSA) is 80.0 Å². The van der Waals surface area contributed by atoms with Gasteiger partial charge in [0.1, 0.15) is 5.69 Å². The number of hydrogen-bond donors (Lipinski definition) is 3. The van der Waals surface area contributed by atoms with Crippen molar-refractivity contribution in [2.24, 2.45) is 11.7 Å². The highest BCUT2D eigenvalue weighted by atomic mass is 16.1. The molecule has 0 saturated heterocycles. The quantitative estimate of drug-likeness (QED) is 0.765. The number of aromatic nitrogens is 1. The molecule has 19 heavy (non-hydrogen) atoms. The lowest BCUT2D eigenvalue weighted by atomic mass is 9.85. The highest BCUT2D eigenvalue weighted by Crippen LogP contribution is 2.23. The van der Waals surface area contributed by atoms with Gasteiger partial charge >= 0.3 is 0 Å². The molecule has 1 aromatic heterocycles. The van der Waals surface area contributed by atoms with Gasteiger partial charge in [-0.05, 0) is 30.9 Å². The Labute approximate surface area is 114 Å². The summed E-state index contributed by atoms with van der Waals surface area (Å²) in [5.74, 6) is 0.350. The summed E-state index contributed by atoms with van der Waals surface area (Å²) >= 11 is 0. The van der Waals surface area contributed by atoms with Crippen LogP contribution >= 0.6 is 0 Å². The molecule has 0 spiro atoms. The predicted molar refractivity (Wildman–Crippen MR) is 76.1 cm³/mol. The van der Waals surface area contributed by atoms with E-state index in [1.807, 2.05) is 6.07 Å². The Kier molecular flexibility index (Phi) is 4.74. The van der Waals surface area contributed by atoms with Crippen LogP contribution in [0.4, 0.5) is 5.69 Å². The zero-order valence-electron chi connectivity index (χ0n) is 11.4. The molecule has 1 aromatic rings. The summed E-state index contributed by atoms with van der Waals surface area (Å²) < 4.78 is 0. The molecule has 2 unspecified atom stereocenters. The van der Waals surface area contributed by atoms with Crippen molar-refractivity contribution in [2.75, 3.05) is 18.9 Å². The molecule has 1 aliphatic carbocycles. The summed E-state index contributed by atoms with van der Waals surface area (Å²) in [6.07, 6.45) is 6.45. The van der Waals surface area contributed by atoms with Crippen LogP contribution in [0, 0.1) is 5.92 Å². The Morgan fingerprint density at radius 2 is 2.26 bits per heavy atom. The van der Waals surface area contributed by atoms with E-state index >= 15 is 0 Å². The molecule has 0 aromatic carbocycles. The average molecular weight is 262 g/mol. The Hall–Kier alpha value is -1.62. The Morgan fingerprint density at radius 1 is 1.47 bits per heavy atom. The molecule has 2 atom stereocenters. The first-order valence-corrected chi connectivity index (χ1v) is 6.88. The van der Waals surface area contributed by atoms with E-state index in [1.54, 1.807) is 19.3 Å². The molecule has 0 radical (unpaired) electrons. The van der Waals surface area contributed by atoms with Gasteiger partial charge in [0.25, 0.3) is 5.91 Å². The van der Waals surface area contributed by atoms with Crippen molar-refractivity contribution in [2.45, 2.75) is 31.7 Å². The van der Waals surface area contributed by atoms with Crippen LogP contribution in [0.1, 0.15) is 36.2 Å². The number of nitrogens with zero attached hydrogens (tertiary/aromatic N) is 1. The smallest absolute Gasteiger partial charge is 0.269 e. The van der Waals surface area contributed by atoms with Crippen molar-refractivity contribution >= 4 is 11.6 Å². The lowest BCUT2D eigenvalue weighted by Gasteiger charge is -2.28. The van der Waals surface area contributed by atoms with Crippen LogP contribution in [0.2, 0.25) is 0 Å². The van der Waals surface area contributed by atoms with Gasteiger partial charge in [-0.3, -0.25) is 9.78 Å². The molecule has 1 amide bonds.